The van der Waals surface area contributed by atoms with E-state index in [0.717, 1.165) is 4.90 Å². The van der Waals surface area contributed by atoms with Crippen molar-refractivity contribution in [3.8, 4) is 0 Å². The molecule has 0 aliphatic carbocycles. The van der Waals surface area contributed by atoms with Gasteiger partial charge in [0, 0.05) is 24.1 Å². The average molecular weight is 500 g/mol. The summed E-state index contributed by atoms with van der Waals surface area (Å²) in [7, 11) is 0. The van der Waals surface area contributed by atoms with E-state index in [1.807, 2.05) is 13.8 Å². The van der Waals surface area contributed by atoms with Gasteiger partial charge in [-0.15, -0.1) is 0 Å². The molecule has 2 atom stereocenters. The van der Waals surface area contributed by atoms with Crippen LogP contribution in [0.4, 0.5) is 15.0 Å². The molecule has 0 aromatic carbocycles. The number of ether oxygens (including phenoxy) is 3. The number of imide groups is 1. The molecule has 0 spiro atoms. The van der Waals surface area contributed by atoms with E-state index < -0.39 is 23.4 Å². The maximum absolute atomic E-state index is 15.4. The predicted molar refractivity (Wildman–Crippen MR) is 122 cm³/mol. The van der Waals surface area contributed by atoms with Gasteiger partial charge in [0.25, 0.3) is 5.91 Å². The number of fused-ring (bicyclic) bond motifs is 1. The first-order chi connectivity index (χ1) is 15.9. The zero-order chi connectivity index (χ0) is 25.2. The van der Waals surface area contributed by atoms with E-state index in [1.165, 1.54) is 0 Å². The van der Waals surface area contributed by atoms with E-state index in [1.54, 1.807) is 20.8 Å². The molecule has 34 heavy (non-hydrogen) atoms. The van der Waals surface area contributed by atoms with Crippen molar-refractivity contribution in [1.29, 1.82) is 0 Å². The Morgan fingerprint density at radius 1 is 1.35 bits per heavy atom. The fourth-order valence-corrected chi connectivity index (χ4v) is 4.11. The first-order valence-electron chi connectivity index (χ1n) is 11.3. The second kappa shape index (κ2) is 10.4. The number of pyridine rings is 1. The van der Waals surface area contributed by atoms with E-state index in [-0.39, 0.29) is 65.5 Å². The van der Waals surface area contributed by atoms with Gasteiger partial charge in [-0.05, 0) is 33.1 Å². The van der Waals surface area contributed by atoms with Gasteiger partial charge in [0.15, 0.2) is 11.6 Å². The normalized spacial score (nSPS) is 20.4. The molecule has 3 heterocycles. The second-order valence-electron chi connectivity index (χ2n) is 9.95. The fraction of sp³-hybridized carbons (Fsp3) is 0.652. The highest BCUT2D eigenvalue weighted by Crippen LogP contribution is 2.35. The van der Waals surface area contributed by atoms with Crippen molar-refractivity contribution < 1.29 is 33.0 Å². The van der Waals surface area contributed by atoms with Crippen molar-refractivity contribution in [3.63, 3.8) is 0 Å². The van der Waals surface area contributed by atoms with Crippen molar-refractivity contribution >= 4 is 35.4 Å². The third-order valence-electron chi connectivity index (χ3n) is 5.37. The molecular weight excluding hydrogens is 469 g/mol. The van der Waals surface area contributed by atoms with E-state index in [9.17, 15) is 14.4 Å². The predicted octanol–water partition coefficient (Wildman–Crippen LogP) is 4.17. The summed E-state index contributed by atoms with van der Waals surface area (Å²) >= 11 is 6.23. The maximum atomic E-state index is 15.4. The van der Waals surface area contributed by atoms with Crippen LogP contribution in [0.5, 0.6) is 0 Å². The number of esters is 1. The zero-order valence-electron chi connectivity index (χ0n) is 20.1. The van der Waals surface area contributed by atoms with Crippen LogP contribution in [0.2, 0.25) is 5.15 Å². The average Bonchev–Trinajstić information content (AvgIpc) is 3.08. The van der Waals surface area contributed by atoms with Crippen molar-refractivity contribution in [2.45, 2.75) is 65.6 Å². The lowest BCUT2D eigenvalue weighted by Crippen LogP contribution is -2.40. The van der Waals surface area contributed by atoms with Crippen molar-refractivity contribution in [1.82, 2.24) is 9.88 Å². The molecule has 0 radical (unpaired) electrons. The lowest BCUT2D eigenvalue weighted by atomic mass is 9.92. The Balaban J connectivity index is 1.77. The molecule has 2 aliphatic rings. The fourth-order valence-electron chi connectivity index (χ4n) is 3.83. The molecule has 0 saturated carbocycles. The highest BCUT2D eigenvalue weighted by atomic mass is 35.5. The Morgan fingerprint density at radius 3 is 2.71 bits per heavy atom. The lowest BCUT2D eigenvalue weighted by molar-refractivity contribution is -0.157. The van der Waals surface area contributed by atoms with E-state index in [2.05, 4.69) is 10.3 Å². The van der Waals surface area contributed by atoms with Crippen LogP contribution in [0.25, 0.3) is 0 Å². The van der Waals surface area contributed by atoms with Gasteiger partial charge in [0.05, 0.1) is 31.7 Å². The number of anilines is 1. The van der Waals surface area contributed by atoms with Gasteiger partial charge < -0.3 is 19.5 Å². The Kier molecular flexibility index (Phi) is 8.02. The zero-order valence-corrected chi connectivity index (χ0v) is 20.8. The van der Waals surface area contributed by atoms with Gasteiger partial charge in [-0.25, -0.2) is 19.1 Å². The number of rotatable bonds is 6. The first-order valence-corrected chi connectivity index (χ1v) is 11.7. The Bertz CT molecular complexity index is 965. The molecule has 9 nitrogen and oxygen atoms in total. The molecule has 1 saturated heterocycles. The summed E-state index contributed by atoms with van der Waals surface area (Å²) in [6.45, 7) is 9.62. The molecule has 2 amide bonds. The quantitative estimate of drug-likeness (QED) is 0.459. The van der Waals surface area contributed by atoms with Gasteiger partial charge in [-0.2, -0.15) is 0 Å². The number of nitrogens with zero attached hydrogens (tertiary/aromatic N) is 2. The van der Waals surface area contributed by atoms with Crippen molar-refractivity contribution in [2.24, 2.45) is 11.8 Å². The van der Waals surface area contributed by atoms with Crippen LogP contribution < -0.4 is 5.32 Å². The highest BCUT2D eigenvalue weighted by molar-refractivity contribution is 6.33. The summed E-state index contributed by atoms with van der Waals surface area (Å²) in [6, 6.07) is -0.332. The van der Waals surface area contributed by atoms with Crippen LogP contribution in [-0.2, 0) is 25.5 Å². The molecule has 3 rings (SSSR count). The molecule has 0 bridgehead atoms. The molecule has 11 heteroatoms. The number of carbonyl (C=O) groups excluding carboxylic acids is 3. The van der Waals surface area contributed by atoms with Crippen LogP contribution in [0.3, 0.4) is 0 Å². The number of aromatic nitrogens is 1. The van der Waals surface area contributed by atoms with Crippen LogP contribution in [0, 0.1) is 17.7 Å². The smallest absolute Gasteiger partial charge is 0.417 e. The van der Waals surface area contributed by atoms with E-state index >= 15 is 4.39 Å². The van der Waals surface area contributed by atoms with Crippen molar-refractivity contribution in [2.75, 3.05) is 25.1 Å². The van der Waals surface area contributed by atoms with E-state index in [0.29, 0.717) is 19.6 Å². The summed E-state index contributed by atoms with van der Waals surface area (Å²) in [5.74, 6) is -2.24. The Morgan fingerprint density at radius 2 is 2.06 bits per heavy atom. The standard InChI is InChI=1S/C23H31ClFN3O6/c1-12(2)10-33-22(31)28-9-14-17(21(28)30)19(24)27-20(18(14)25)26-15-6-7-32-11-13(15)8-16(29)34-23(3,4)5/h12-13,15H,6-11H2,1-5H3,(H,26,27)/t13-,15+/m0/s1. The highest BCUT2D eigenvalue weighted by Gasteiger charge is 2.40. The first kappa shape index (κ1) is 26.2. The third kappa shape index (κ3) is 6.15. The minimum atomic E-state index is -0.860. The Hall–Kier alpha value is -2.46. The number of nitrogens with one attached hydrogen (secondary N) is 1. The van der Waals surface area contributed by atoms with Gasteiger partial charge >= 0.3 is 12.1 Å². The van der Waals surface area contributed by atoms with Crippen LogP contribution in [0.1, 0.15) is 63.4 Å². The lowest BCUT2D eigenvalue weighted by Gasteiger charge is -2.33. The summed E-state index contributed by atoms with van der Waals surface area (Å²) in [6.07, 6.45) is -0.263. The summed E-state index contributed by atoms with van der Waals surface area (Å²) < 4.78 is 31.4. The number of amides is 2. The molecule has 1 aromatic heterocycles. The third-order valence-corrected chi connectivity index (χ3v) is 5.65. The topological polar surface area (TPSA) is 107 Å². The second-order valence-corrected chi connectivity index (χ2v) is 10.3. The molecule has 0 unspecified atom stereocenters. The van der Waals surface area contributed by atoms with Gasteiger partial charge in [0.2, 0.25) is 0 Å². The van der Waals surface area contributed by atoms with Crippen LogP contribution in [0.15, 0.2) is 0 Å². The van der Waals surface area contributed by atoms with Crippen LogP contribution in [-0.4, -0.2) is 59.3 Å². The van der Waals surface area contributed by atoms with Gasteiger partial charge in [-0.1, -0.05) is 25.4 Å². The van der Waals surface area contributed by atoms with Crippen LogP contribution >= 0.6 is 11.6 Å². The van der Waals surface area contributed by atoms with E-state index in [4.69, 9.17) is 25.8 Å². The largest absolute Gasteiger partial charge is 0.460 e. The van der Waals surface area contributed by atoms with Gasteiger partial charge in [-0.3, -0.25) is 9.59 Å². The molecule has 188 valence electrons. The molecule has 1 aromatic rings. The monoisotopic (exact) mass is 499 g/mol. The number of hydrogen-bond acceptors (Lipinski definition) is 8. The molecule has 1 fully saturated rings. The number of halogens is 2. The van der Waals surface area contributed by atoms with Crippen molar-refractivity contribution in [3.05, 3.63) is 22.1 Å². The minimum Gasteiger partial charge on any atom is -0.460 e. The molecule has 2 aliphatic heterocycles. The molecule has 1 N–H and O–H groups in total. The minimum absolute atomic E-state index is 0.0234. The Labute approximate surface area is 203 Å². The summed E-state index contributed by atoms with van der Waals surface area (Å²) in [4.78, 5) is 42.2. The number of hydrogen-bond donors (Lipinski definition) is 1. The maximum Gasteiger partial charge on any atom is 0.417 e. The SMILES string of the molecule is CC(C)COC(=O)N1Cc2c(F)c(N[C@@H]3CCOC[C@@H]3CC(=O)OC(C)(C)C)nc(Cl)c2C1=O. The molecular formula is C23H31ClFN3O6. The number of carbonyl (C=O) groups is 3. The van der Waals surface area contributed by atoms with Gasteiger partial charge in [0.1, 0.15) is 10.8 Å². The summed E-state index contributed by atoms with van der Waals surface area (Å²) in [5, 5.41) is 2.82. The summed E-state index contributed by atoms with van der Waals surface area (Å²) in [5.41, 5.74) is -0.793.